The van der Waals surface area contributed by atoms with Crippen molar-refractivity contribution in [3.8, 4) is 0 Å². The molecular weight excluding hydrogens is 282 g/mol. The van der Waals surface area contributed by atoms with Crippen LogP contribution in [0.1, 0.15) is 52.4 Å². The fourth-order valence-corrected chi connectivity index (χ4v) is 4.46. The number of hydrogen-bond donors (Lipinski definition) is 3. The molecule has 1 aliphatic carbocycles. The first-order chi connectivity index (χ1) is 10.1. The van der Waals surface area contributed by atoms with Crippen molar-refractivity contribution in [3.05, 3.63) is 0 Å². The summed E-state index contributed by atoms with van der Waals surface area (Å²) in [4.78, 5) is 4.63. The molecule has 122 valence electrons. The molecule has 0 bridgehead atoms. The summed E-state index contributed by atoms with van der Waals surface area (Å²) in [6.45, 7) is 5.76. The Hall–Kier alpha value is -0.420. The van der Waals surface area contributed by atoms with E-state index in [4.69, 9.17) is 0 Å². The average Bonchev–Trinajstić information content (AvgIpc) is 2.93. The third-order valence-electron chi connectivity index (χ3n) is 4.72. The maximum Gasteiger partial charge on any atom is 0.191 e. The zero-order valence-electron chi connectivity index (χ0n) is 13.5. The van der Waals surface area contributed by atoms with Gasteiger partial charge in [0.05, 0.1) is 12.1 Å². The number of aliphatic imine (C=N–C) groups is 1. The van der Waals surface area contributed by atoms with Crippen molar-refractivity contribution in [2.75, 3.05) is 24.6 Å². The van der Waals surface area contributed by atoms with Crippen LogP contribution in [0.15, 0.2) is 4.99 Å². The SMILES string of the molecule is CCNC(=NCC1(O)CCSC1)NC1CCC(CC)CC1. The molecule has 1 heterocycles. The molecule has 0 aromatic heterocycles. The van der Waals surface area contributed by atoms with Gasteiger partial charge in [-0.25, -0.2) is 0 Å². The van der Waals surface area contributed by atoms with Crippen molar-refractivity contribution in [3.63, 3.8) is 0 Å². The van der Waals surface area contributed by atoms with Crippen molar-refractivity contribution >= 4 is 17.7 Å². The second-order valence-electron chi connectivity index (χ2n) is 6.49. The van der Waals surface area contributed by atoms with Gasteiger partial charge in [-0.2, -0.15) is 11.8 Å². The van der Waals surface area contributed by atoms with E-state index in [0.717, 1.165) is 36.3 Å². The molecule has 21 heavy (non-hydrogen) atoms. The van der Waals surface area contributed by atoms with Gasteiger partial charge in [-0.1, -0.05) is 13.3 Å². The number of guanidine groups is 1. The molecule has 1 saturated carbocycles. The molecule has 2 fully saturated rings. The largest absolute Gasteiger partial charge is 0.387 e. The van der Waals surface area contributed by atoms with Gasteiger partial charge in [-0.15, -0.1) is 0 Å². The van der Waals surface area contributed by atoms with Gasteiger partial charge in [0.15, 0.2) is 5.96 Å². The molecule has 1 atom stereocenters. The fraction of sp³-hybridized carbons (Fsp3) is 0.938. The summed E-state index contributed by atoms with van der Waals surface area (Å²) in [6.07, 6.45) is 7.31. The van der Waals surface area contributed by atoms with Crippen LogP contribution in [0.5, 0.6) is 0 Å². The van der Waals surface area contributed by atoms with Crippen LogP contribution in [0.2, 0.25) is 0 Å². The number of rotatable bonds is 5. The van der Waals surface area contributed by atoms with Crippen molar-refractivity contribution in [1.82, 2.24) is 10.6 Å². The Kier molecular flexibility index (Phi) is 6.68. The Bertz CT molecular complexity index is 334. The lowest BCUT2D eigenvalue weighted by Gasteiger charge is -2.30. The Balaban J connectivity index is 1.83. The van der Waals surface area contributed by atoms with Gasteiger partial charge in [0.1, 0.15) is 0 Å². The zero-order chi connectivity index (χ0) is 15.1. The number of nitrogens with one attached hydrogen (secondary N) is 2. The standard InChI is InChI=1S/C16H31N3OS/c1-3-13-5-7-14(8-6-13)19-15(17-4-2)18-11-16(20)9-10-21-12-16/h13-14,20H,3-12H2,1-2H3,(H2,17,18,19). The van der Waals surface area contributed by atoms with Gasteiger partial charge >= 0.3 is 0 Å². The topological polar surface area (TPSA) is 56.7 Å². The second-order valence-corrected chi connectivity index (χ2v) is 7.60. The lowest BCUT2D eigenvalue weighted by molar-refractivity contribution is 0.0778. The van der Waals surface area contributed by atoms with Gasteiger partial charge in [0.25, 0.3) is 0 Å². The Morgan fingerprint density at radius 2 is 2.05 bits per heavy atom. The average molecular weight is 314 g/mol. The maximum atomic E-state index is 10.4. The third-order valence-corrected chi connectivity index (χ3v) is 5.96. The van der Waals surface area contributed by atoms with Gasteiger partial charge in [-0.05, 0) is 50.7 Å². The molecule has 0 amide bonds. The monoisotopic (exact) mass is 313 g/mol. The minimum atomic E-state index is -0.590. The van der Waals surface area contributed by atoms with E-state index in [1.165, 1.54) is 32.1 Å². The van der Waals surface area contributed by atoms with E-state index in [2.05, 4.69) is 29.5 Å². The third kappa shape index (κ3) is 5.37. The molecule has 2 aliphatic rings. The normalized spacial score (nSPS) is 34.0. The highest BCUT2D eigenvalue weighted by Crippen LogP contribution is 2.28. The molecule has 4 nitrogen and oxygen atoms in total. The van der Waals surface area contributed by atoms with Crippen LogP contribution in [-0.4, -0.2) is 47.3 Å². The van der Waals surface area contributed by atoms with E-state index < -0.39 is 5.60 Å². The van der Waals surface area contributed by atoms with Crippen LogP contribution in [0.25, 0.3) is 0 Å². The Morgan fingerprint density at radius 3 is 2.62 bits per heavy atom. The molecular formula is C16H31N3OS. The minimum absolute atomic E-state index is 0.514. The summed E-state index contributed by atoms with van der Waals surface area (Å²) in [7, 11) is 0. The molecule has 1 saturated heterocycles. The summed E-state index contributed by atoms with van der Waals surface area (Å²) < 4.78 is 0. The summed E-state index contributed by atoms with van der Waals surface area (Å²) >= 11 is 1.82. The first-order valence-corrected chi connectivity index (χ1v) is 9.65. The first-order valence-electron chi connectivity index (χ1n) is 8.50. The number of thioether (sulfide) groups is 1. The lowest BCUT2D eigenvalue weighted by atomic mass is 9.84. The highest BCUT2D eigenvalue weighted by Gasteiger charge is 2.31. The van der Waals surface area contributed by atoms with Crippen molar-refractivity contribution in [2.45, 2.75) is 64.0 Å². The summed E-state index contributed by atoms with van der Waals surface area (Å²) in [5, 5.41) is 17.3. The highest BCUT2D eigenvalue weighted by atomic mass is 32.2. The van der Waals surface area contributed by atoms with E-state index in [-0.39, 0.29) is 0 Å². The molecule has 3 N–H and O–H groups in total. The highest BCUT2D eigenvalue weighted by molar-refractivity contribution is 7.99. The smallest absolute Gasteiger partial charge is 0.191 e. The predicted octanol–water partition coefficient (Wildman–Crippen LogP) is 2.38. The molecule has 0 spiro atoms. The van der Waals surface area contributed by atoms with Crippen LogP contribution >= 0.6 is 11.8 Å². The van der Waals surface area contributed by atoms with E-state index in [1.807, 2.05) is 11.8 Å². The summed E-state index contributed by atoms with van der Waals surface area (Å²) in [6, 6.07) is 0.540. The van der Waals surface area contributed by atoms with Crippen molar-refractivity contribution < 1.29 is 5.11 Å². The quantitative estimate of drug-likeness (QED) is 0.539. The maximum absolute atomic E-state index is 10.4. The van der Waals surface area contributed by atoms with Crippen LogP contribution in [0.3, 0.4) is 0 Å². The van der Waals surface area contributed by atoms with Gasteiger partial charge in [-0.3, -0.25) is 4.99 Å². The first kappa shape index (κ1) is 16.9. The van der Waals surface area contributed by atoms with E-state index >= 15 is 0 Å². The fourth-order valence-electron chi connectivity index (χ4n) is 3.18. The number of nitrogens with zero attached hydrogens (tertiary/aromatic N) is 1. The number of hydrogen-bond acceptors (Lipinski definition) is 3. The van der Waals surface area contributed by atoms with Gasteiger partial charge in [0.2, 0.25) is 0 Å². The van der Waals surface area contributed by atoms with Crippen LogP contribution < -0.4 is 10.6 Å². The summed E-state index contributed by atoms with van der Waals surface area (Å²) in [5.41, 5.74) is -0.590. The summed E-state index contributed by atoms with van der Waals surface area (Å²) in [5.74, 6) is 3.66. The van der Waals surface area contributed by atoms with Gasteiger partial charge in [0, 0.05) is 18.3 Å². The zero-order valence-corrected chi connectivity index (χ0v) is 14.3. The number of aliphatic hydroxyl groups is 1. The van der Waals surface area contributed by atoms with Crippen molar-refractivity contribution in [1.29, 1.82) is 0 Å². The lowest BCUT2D eigenvalue weighted by Crippen LogP contribution is -2.46. The van der Waals surface area contributed by atoms with E-state index in [9.17, 15) is 5.11 Å². The Labute approximate surface area is 133 Å². The van der Waals surface area contributed by atoms with Crippen LogP contribution in [0, 0.1) is 5.92 Å². The molecule has 2 rings (SSSR count). The molecule has 1 unspecified atom stereocenters. The van der Waals surface area contributed by atoms with Crippen molar-refractivity contribution in [2.24, 2.45) is 10.9 Å². The second kappa shape index (κ2) is 8.28. The van der Waals surface area contributed by atoms with Crippen LogP contribution in [-0.2, 0) is 0 Å². The molecule has 0 aromatic rings. The predicted molar refractivity (Wildman–Crippen MR) is 92.0 cm³/mol. The Morgan fingerprint density at radius 1 is 1.29 bits per heavy atom. The molecule has 5 heteroatoms. The van der Waals surface area contributed by atoms with E-state index in [0.29, 0.717) is 12.6 Å². The molecule has 0 aromatic carbocycles. The van der Waals surface area contributed by atoms with Gasteiger partial charge < -0.3 is 15.7 Å². The molecule has 0 radical (unpaired) electrons. The van der Waals surface area contributed by atoms with E-state index in [1.54, 1.807) is 0 Å². The molecule has 1 aliphatic heterocycles. The van der Waals surface area contributed by atoms with Crippen LogP contribution in [0.4, 0.5) is 0 Å². The minimum Gasteiger partial charge on any atom is -0.387 e.